The van der Waals surface area contributed by atoms with E-state index >= 15 is 0 Å². The molecule has 0 aromatic heterocycles. The number of halogens is 1. The molecule has 0 aliphatic carbocycles. The van der Waals surface area contributed by atoms with Crippen LogP contribution in [0.2, 0.25) is 0 Å². The molecule has 1 fully saturated rings. The molecule has 2 aromatic carbocycles. The second kappa shape index (κ2) is 9.20. The molecule has 1 unspecified atom stereocenters. The lowest BCUT2D eigenvalue weighted by molar-refractivity contribution is 0.158. The summed E-state index contributed by atoms with van der Waals surface area (Å²) in [6, 6.07) is 10.6. The van der Waals surface area contributed by atoms with E-state index in [1.54, 1.807) is 0 Å². The zero-order valence-electron chi connectivity index (χ0n) is 16.6. The zero-order valence-corrected chi connectivity index (χ0v) is 17.4. The van der Waals surface area contributed by atoms with Gasteiger partial charge in [-0.2, -0.15) is 0 Å². The van der Waals surface area contributed by atoms with Gasteiger partial charge in [-0.3, -0.25) is 4.90 Å². The van der Waals surface area contributed by atoms with Crippen molar-refractivity contribution in [2.75, 3.05) is 46.0 Å². The van der Waals surface area contributed by atoms with E-state index in [1.807, 2.05) is 18.2 Å². The largest absolute Gasteiger partial charge is 0.488 e. The zero-order chi connectivity index (χ0) is 21.0. The van der Waals surface area contributed by atoms with Gasteiger partial charge in [0, 0.05) is 19.6 Å². The Morgan fingerprint density at radius 1 is 1.17 bits per heavy atom. The molecule has 2 aliphatic rings. The van der Waals surface area contributed by atoms with Crippen molar-refractivity contribution in [1.29, 1.82) is 0 Å². The van der Waals surface area contributed by atoms with Gasteiger partial charge >= 0.3 is 0 Å². The van der Waals surface area contributed by atoms with Crippen molar-refractivity contribution >= 4 is 10.0 Å². The van der Waals surface area contributed by atoms with Crippen molar-refractivity contribution in [3.63, 3.8) is 0 Å². The quantitative estimate of drug-likeness (QED) is 0.684. The average Bonchev–Trinajstić information content (AvgIpc) is 3.20. The Balaban J connectivity index is 1.23. The number of nitrogens with one attached hydrogen (secondary N) is 1. The first-order chi connectivity index (χ1) is 14.5. The standard InChI is InChI=1S/C21H25FN2O5S/c22-17-3-1-4-18(13-17)30(25,26)23-14-16-7-8-24(15-16)9-10-27-19-5-2-6-20-21(19)29-12-11-28-20/h1-6,13,16,23H,7-12,14-15H2. The van der Waals surface area contributed by atoms with Crippen molar-refractivity contribution in [2.24, 2.45) is 5.92 Å². The SMILES string of the molecule is O=S(=O)(NCC1CCN(CCOc2cccc3c2OCCO3)C1)c1cccc(F)c1. The second-order valence-electron chi connectivity index (χ2n) is 7.39. The maximum atomic E-state index is 13.3. The smallest absolute Gasteiger partial charge is 0.240 e. The summed E-state index contributed by atoms with van der Waals surface area (Å²) >= 11 is 0. The number of hydrogen-bond acceptors (Lipinski definition) is 6. The van der Waals surface area contributed by atoms with Crippen LogP contribution in [0.5, 0.6) is 17.2 Å². The summed E-state index contributed by atoms with van der Waals surface area (Å²) in [5, 5.41) is 0. The Labute approximate surface area is 175 Å². The molecule has 30 heavy (non-hydrogen) atoms. The number of fused-ring (bicyclic) bond motifs is 1. The van der Waals surface area contributed by atoms with E-state index in [1.165, 1.54) is 18.2 Å². The van der Waals surface area contributed by atoms with Crippen LogP contribution in [0.4, 0.5) is 4.39 Å². The Kier molecular flexibility index (Phi) is 6.40. The highest BCUT2D eigenvalue weighted by molar-refractivity contribution is 7.89. The topological polar surface area (TPSA) is 77.1 Å². The molecule has 0 radical (unpaired) electrons. The van der Waals surface area contributed by atoms with E-state index < -0.39 is 15.8 Å². The van der Waals surface area contributed by atoms with Crippen LogP contribution >= 0.6 is 0 Å². The van der Waals surface area contributed by atoms with E-state index in [9.17, 15) is 12.8 Å². The van der Waals surface area contributed by atoms with Gasteiger partial charge in [-0.1, -0.05) is 12.1 Å². The summed E-state index contributed by atoms with van der Waals surface area (Å²) in [6.45, 7) is 4.26. The fourth-order valence-corrected chi connectivity index (χ4v) is 4.82. The van der Waals surface area contributed by atoms with E-state index in [0.29, 0.717) is 43.6 Å². The first-order valence-corrected chi connectivity index (χ1v) is 11.5. The minimum absolute atomic E-state index is 0.0526. The van der Waals surface area contributed by atoms with Gasteiger partial charge < -0.3 is 14.2 Å². The van der Waals surface area contributed by atoms with E-state index in [-0.39, 0.29) is 10.8 Å². The summed E-state index contributed by atoms with van der Waals surface area (Å²) in [6.07, 6.45) is 0.892. The molecule has 7 nitrogen and oxygen atoms in total. The lowest BCUT2D eigenvalue weighted by Gasteiger charge is -2.22. The van der Waals surface area contributed by atoms with Crippen molar-refractivity contribution in [3.05, 3.63) is 48.3 Å². The summed E-state index contributed by atoms with van der Waals surface area (Å²) in [7, 11) is -3.71. The molecule has 2 aliphatic heterocycles. The fourth-order valence-electron chi connectivity index (χ4n) is 3.67. The molecule has 1 N–H and O–H groups in total. The number of likely N-dealkylation sites (tertiary alicyclic amines) is 1. The predicted octanol–water partition coefficient (Wildman–Crippen LogP) is 2.28. The molecule has 162 valence electrons. The number of hydrogen-bond donors (Lipinski definition) is 1. The van der Waals surface area contributed by atoms with Gasteiger partial charge in [0.15, 0.2) is 11.5 Å². The number of para-hydroxylation sites is 1. The van der Waals surface area contributed by atoms with Crippen molar-refractivity contribution in [3.8, 4) is 17.2 Å². The number of benzene rings is 2. The highest BCUT2D eigenvalue weighted by Gasteiger charge is 2.25. The monoisotopic (exact) mass is 436 g/mol. The molecule has 9 heteroatoms. The minimum Gasteiger partial charge on any atom is -0.488 e. The lowest BCUT2D eigenvalue weighted by atomic mass is 10.1. The Bertz CT molecular complexity index is 985. The van der Waals surface area contributed by atoms with Crippen LogP contribution < -0.4 is 18.9 Å². The normalized spacial score (nSPS) is 19.0. The second-order valence-corrected chi connectivity index (χ2v) is 9.16. The third-order valence-electron chi connectivity index (χ3n) is 5.23. The van der Waals surface area contributed by atoms with Gasteiger partial charge in [0.05, 0.1) is 4.90 Å². The van der Waals surface area contributed by atoms with Crippen LogP contribution in [-0.2, 0) is 10.0 Å². The Morgan fingerprint density at radius 3 is 2.87 bits per heavy atom. The summed E-state index contributed by atoms with van der Waals surface area (Å²) in [5.74, 6) is 1.65. The first kappa shape index (κ1) is 20.9. The third-order valence-corrected chi connectivity index (χ3v) is 6.65. The number of rotatable bonds is 8. The highest BCUT2D eigenvalue weighted by atomic mass is 32.2. The molecule has 0 saturated carbocycles. The van der Waals surface area contributed by atoms with Crippen LogP contribution in [0.1, 0.15) is 6.42 Å². The lowest BCUT2D eigenvalue weighted by Crippen LogP contribution is -2.32. The maximum absolute atomic E-state index is 13.3. The van der Waals surface area contributed by atoms with Gasteiger partial charge in [0.25, 0.3) is 0 Å². The third kappa shape index (κ3) is 5.03. The van der Waals surface area contributed by atoms with E-state index in [2.05, 4.69) is 9.62 Å². The molecule has 0 spiro atoms. The summed E-state index contributed by atoms with van der Waals surface area (Å²) < 4.78 is 57.7. The average molecular weight is 437 g/mol. The van der Waals surface area contributed by atoms with Crippen molar-refractivity contribution in [2.45, 2.75) is 11.3 Å². The fraction of sp³-hybridized carbons (Fsp3) is 0.429. The molecule has 1 atom stereocenters. The number of nitrogens with zero attached hydrogens (tertiary/aromatic N) is 1. The molecule has 0 amide bonds. The number of sulfonamides is 1. The first-order valence-electron chi connectivity index (χ1n) is 10.0. The van der Waals surface area contributed by atoms with Gasteiger partial charge in [-0.15, -0.1) is 0 Å². The molecule has 4 rings (SSSR count). The molecular weight excluding hydrogens is 411 g/mol. The highest BCUT2D eigenvalue weighted by Crippen LogP contribution is 2.38. The summed E-state index contributed by atoms with van der Waals surface area (Å²) in [4.78, 5) is 2.19. The van der Waals surface area contributed by atoms with Gasteiger partial charge in [-0.05, 0) is 49.2 Å². The minimum atomic E-state index is -3.71. The van der Waals surface area contributed by atoms with E-state index in [4.69, 9.17) is 14.2 Å². The molecule has 1 saturated heterocycles. The van der Waals surface area contributed by atoms with Crippen molar-refractivity contribution in [1.82, 2.24) is 9.62 Å². The number of ether oxygens (including phenoxy) is 3. The molecule has 0 bridgehead atoms. The maximum Gasteiger partial charge on any atom is 0.240 e. The van der Waals surface area contributed by atoms with Crippen molar-refractivity contribution < 1.29 is 27.0 Å². The Morgan fingerprint density at radius 2 is 2.00 bits per heavy atom. The van der Waals surface area contributed by atoms with E-state index in [0.717, 1.165) is 32.1 Å². The van der Waals surface area contributed by atoms with Crippen LogP contribution in [0.15, 0.2) is 47.4 Å². The van der Waals surface area contributed by atoms with Gasteiger partial charge in [0.2, 0.25) is 15.8 Å². The van der Waals surface area contributed by atoms with Crippen LogP contribution in [0.25, 0.3) is 0 Å². The van der Waals surface area contributed by atoms with Crippen LogP contribution in [0.3, 0.4) is 0 Å². The van der Waals surface area contributed by atoms with Crippen LogP contribution in [0, 0.1) is 11.7 Å². The summed E-state index contributed by atoms with van der Waals surface area (Å²) in [5.41, 5.74) is 0. The molecule has 2 heterocycles. The predicted molar refractivity (Wildman–Crippen MR) is 109 cm³/mol. The van der Waals surface area contributed by atoms with Gasteiger partial charge in [0.1, 0.15) is 25.6 Å². The Hall–Kier alpha value is -2.36. The molecular formula is C21H25FN2O5S. The van der Waals surface area contributed by atoms with Crippen LogP contribution in [-0.4, -0.2) is 59.3 Å². The molecule has 2 aromatic rings. The van der Waals surface area contributed by atoms with Gasteiger partial charge in [-0.25, -0.2) is 17.5 Å².